The summed E-state index contributed by atoms with van der Waals surface area (Å²) in [6.45, 7) is 2.74. The number of nitrogens with zero attached hydrogens (tertiary/aromatic N) is 2. The van der Waals surface area contributed by atoms with E-state index in [-0.39, 0.29) is 12.5 Å². The lowest BCUT2D eigenvalue weighted by Gasteiger charge is -2.35. The van der Waals surface area contributed by atoms with Gasteiger partial charge < -0.3 is 10.2 Å². The van der Waals surface area contributed by atoms with E-state index in [1.807, 2.05) is 9.80 Å². The number of anilines is 2. The van der Waals surface area contributed by atoms with Crippen LogP contribution in [0.4, 0.5) is 20.2 Å². The summed E-state index contributed by atoms with van der Waals surface area (Å²) in [6.07, 6.45) is 0. The lowest BCUT2D eigenvalue weighted by atomic mass is 10.2. The number of halogens is 3. The zero-order valence-corrected chi connectivity index (χ0v) is 17.0. The largest absolute Gasteiger partial charge is 0.369 e. The van der Waals surface area contributed by atoms with Crippen molar-refractivity contribution in [3.05, 3.63) is 53.6 Å². The smallest absolute Gasteiger partial charge is 0.341 e. The first-order chi connectivity index (χ1) is 13.8. The molecule has 0 radical (unpaired) electrons. The molecule has 1 amide bonds. The predicted octanol–water partition coefficient (Wildman–Crippen LogP) is 3.10. The van der Waals surface area contributed by atoms with E-state index in [2.05, 4.69) is 5.32 Å². The van der Waals surface area contributed by atoms with Crippen LogP contribution in [0.1, 0.15) is 0 Å². The van der Waals surface area contributed by atoms with Gasteiger partial charge in [-0.05, 0) is 36.4 Å². The minimum Gasteiger partial charge on any atom is -0.369 e. The van der Waals surface area contributed by atoms with Crippen LogP contribution >= 0.6 is 11.6 Å². The van der Waals surface area contributed by atoms with Crippen LogP contribution in [0.25, 0.3) is 0 Å². The molecule has 156 valence electrons. The number of sulfone groups is 1. The highest BCUT2D eigenvalue weighted by molar-refractivity contribution is 7.91. The second-order valence-electron chi connectivity index (χ2n) is 6.59. The van der Waals surface area contributed by atoms with E-state index in [0.29, 0.717) is 36.9 Å². The fraction of sp³-hybridized carbons (Fsp3) is 0.316. The van der Waals surface area contributed by atoms with Crippen LogP contribution in [0.15, 0.2) is 53.4 Å². The molecule has 1 fully saturated rings. The summed E-state index contributed by atoms with van der Waals surface area (Å²) < 4.78 is 48.2. The van der Waals surface area contributed by atoms with Crippen LogP contribution in [-0.4, -0.2) is 57.7 Å². The standard InChI is InChI=1S/C19H20ClF2N3O3S/c20-16-3-1-2-4-17(16)23-18(26)13-24-9-11-25(12-10-24)14-5-7-15(8-6-14)29(27,28)19(21)22/h1-8,19H,9-13H2,(H,23,26). The van der Waals surface area contributed by atoms with Gasteiger partial charge in [-0.15, -0.1) is 0 Å². The Labute approximate surface area is 173 Å². The van der Waals surface area contributed by atoms with E-state index >= 15 is 0 Å². The van der Waals surface area contributed by atoms with Crippen molar-refractivity contribution in [2.45, 2.75) is 10.7 Å². The molecule has 0 bridgehead atoms. The summed E-state index contributed by atoms with van der Waals surface area (Å²) >= 11 is 6.04. The number of amides is 1. The van der Waals surface area contributed by atoms with Crippen molar-refractivity contribution in [1.29, 1.82) is 0 Å². The third kappa shape index (κ3) is 5.23. The van der Waals surface area contributed by atoms with Gasteiger partial charge in [0, 0.05) is 31.9 Å². The van der Waals surface area contributed by atoms with E-state index in [4.69, 9.17) is 11.6 Å². The van der Waals surface area contributed by atoms with Crippen LogP contribution in [-0.2, 0) is 14.6 Å². The highest BCUT2D eigenvalue weighted by atomic mass is 35.5. The van der Waals surface area contributed by atoms with Gasteiger partial charge in [-0.25, -0.2) is 8.42 Å². The molecular weight excluding hydrogens is 424 g/mol. The molecule has 2 aromatic rings. The normalized spacial score (nSPS) is 15.5. The molecule has 1 heterocycles. The first-order valence-electron chi connectivity index (χ1n) is 8.91. The van der Waals surface area contributed by atoms with E-state index in [0.717, 1.165) is 5.69 Å². The van der Waals surface area contributed by atoms with E-state index < -0.39 is 20.5 Å². The molecule has 10 heteroatoms. The number of benzene rings is 2. The molecule has 1 aliphatic heterocycles. The molecule has 1 saturated heterocycles. The van der Waals surface area contributed by atoms with E-state index in [9.17, 15) is 22.0 Å². The summed E-state index contributed by atoms with van der Waals surface area (Å²) in [7, 11) is -4.59. The zero-order chi connectivity index (χ0) is 21.0. The monoisotopic (exact) mass is 443 g/mol. The SMILES string of the molecule is O=C(CN1CCN(c2ccc(S(=O)(=O)C(F)F)cc2)CC1)Nc1ccccc1Cl. The number of para-hydroxylation sites is 1. The highest BCUT2D eigenvalue weighted by Gasteiger charge is 2.27. The molecule has 29 heavy (non-hydrogen) atoms. The summed E-state index contributed by atoms with van der Waals surface area (Å²) in [5.74, 6) is -3.60. The quantitative estimate of drug-likeness (QED) is 0.743. The lowest BCUT2D eigenvalue weighted by molar-refractivity contribution is -0.117. The number of rotatable bonds is 6. The maximum absolute atomic E-state index is 12.6. The van der Waals surface area contributed by atoms with Gasteiger partial charge in [0.15, 0.2) is 0 Å². The van der Waals surface area contributed by atoms with Gasteiger partial charge in [0.2, 0.25) is 15.7 Å². The molecule has 0 spiro atoms. The molecule has 6 nitrogen and oxygen atoms in total. The third-order valence-electron chi connectivity index (χ3n) is 4.65. The third-order valence-corrected chi connectivity index (χ3v) is 6.38. The maximum Gasteiger partial charge on any atom is 0.341 e. The summed E-state index contributed by atoms with van der Waals surface area (Å²) in [5.41, 5.74) is 1.31. The molecule has 0 aromatic heterocycles. The molecule has 2 aromatic carbocycles. The molecular formula is C19H20ClF2N3O3S. The summed E-state index contributed by atoms with van der Waals surface area (Å²) in [6, 6.07) is 12.4. The van der Waals surface area contributed by atoms with Crippen LogP contribution < -0.4 is 10.2 Å². The van der Waals surface area contributed by atoms with Crippen molar-refractivity contribution < 1.29 is 22.0 Å². The van der Waals surface area contributed by atoms with Gasteiger partial charge >= 0.3 is 5.76 Å². The number of piperazine rings is 1. The summed E-state index contributed by atoms with van der Waals surface area (Å²) in [5, 5.41) is 3.26. The number of hydrogen-bond acceptors (Lipinski definition) is 5. The Morgan fingerprint density at radius 2 is 1.66 bits per heavy atom. The molecule has 0 aliphatic carbocycles. The van der Waals surface area contributed by atoms with Gasteiger partial charge in [-0.3, -0.25) is 9.69 Å². The van der Waals surface area contributed by atoms with Crippen LogP contribution in [0.3, 0.4) is 0 Å². The highest BCUT2D eigenvalue weighted by Crippen LogP contribution is 2.23. The second-order valence-corrected chi connectivity index (χ2v) is 8.92. The van der Waals surface area contributed by atoms with Crippen molar-refractivity contribution >= 4 is 38.7 Å². The maximum atomic E-state index is 12.6. The summed E-state index contributed by atoms with van der Waals surface area (Å²) in [4.78, 5) is 15.8. The average molecular weight is 444 g/mol. The van der Waals surface area contributed by atoms with Gasteiger partial charge in [-0.1, -0.05) is 23.7 Å². The van der Waals surface area contributed by atoms with Gasteiger partial charge in [0.05, 0.1) is 22.2 Å². The lowest BCUT2D eigenvalue weighted by Crippen LogP contribution is -2.48. The molecule has 0 atom stereocenters. The first-order valence-corrected chi connectivity index (χ1v) is 10.8. The van der Waals surface area contributed by atoms with Crippen molar-refractivity contribution in [2.24, 2.45) is 0 Å². The van der Waals surface area contributed by atoms with Crippen molar-refractivity contribution in [3.8, 4) is 0 Å². The van der Waals surface area contributed by atoms with Crippen molar-refractivity contribution in [1.82, 2.24) is 4.90 Å². The predicted molar refractivity (Wildman–Crippen MR) is 108 cm³/mol. The Hall–Kier alpha value is -2.23. The fourth-order valence-electron chi connectivity index (χ4n) is 3.07. The van der Waals surface area contributed by atoms with Gasteiger partial charge in [0.25, 0.3) is 0 Å². The van der Waals surface area contributed by atoms with Crippen molar-refractivity contribution in [2.75, 3.05) is 42.9 Å². The fourth-order valence-corrected chi connectivity index (χ4v) is 3.97. The van der Waals surface area contributed by atoms with Crippen molar-refractivity contribution in [3.63, 3.8) is 0 Å². The van der Waals surface area contributed by atoms with Crippen LogP contribution in [0.5, 0.6) is 0 Å². The Kier molecular flexibility index (Phi) is 6.71. The first kappa shape index (κ1) is 21.5. The average Bonchev–Trinajstić information content (AvgIpc) is 2.70. The molecule has 1 aliphatic rings. The molecule has 0 saturated carbocycles. The molecule has 3 rings (SSSR count). The van der Waals surface area contributed by atoms with E-state index in [1.54, 1.807) is 24.3 Å². The Morgan fingerprint density at radius 1 is 1.03 bits per heavy atom. The minimum absolute atomic E-state index is 0.159. The van der Waals surface area contributed by atoms with Crippen LogP contribution in [0.2, 0.25) is 5.02 Å². The van der Waals surface area contributed by atoms with Gasteiger partial charge in [0.1, 0.15) is 0 Å². The molecule has 1 N–H and O–H groups in total. The number of hydrogen-bond donors (Lipinski definition) is 1. The molecule has 0 unspecified atom stereocenters. The number of carbonyl (C=O) groups is 1. The zero-order valence-electron chi connectivity index (χ0n) is 15.4. The second kappa shape index (κ2) is 9.06. The van der Waals surface area contributed by atoms with E-state index in [1.165, 1.54) is 24.3 Å². The topological polar surface area (TPSA) is 69.7 Å². The number of nitrogens with one attached hydrogen (secondary N) is 1. The van der Waals surface area contributed by atoms with Gasteiger partial charge in [-0.2, -0.15) is 8.78 Å². The number of alkyl halides is 2. The Morgan fingerprint density at radius 3 is 2.24 bits per heavy atom. The minimum atomic E-state index is -4.59. The van der Waals surface area contributed by atoms with Crippen LogP contribution in [0, 0.1) is 0 Å². The number of carbonyl (C=O) groups excluding carboxylic acids is 1. The Balaban J connectivity index is 1.53. The Bertz CT molecular complexity index is 963.